The summed E-state index contributed by atoms with van der Waals surface area (Å²) in [5.74, 6) is 1.03. The summed E-state index contributed by atoms with van der Waals surface area (Å²) >= 11 is 0. The first-order valence-corrected chi connectivity index (χ1v) is 8.41. The predicted octanol–water partition coefficient (Wildman–Crippen LogP) is 1.40. The molecule has 0 aliphatic carbocycles. The third-order valence-corrected chi connectivity index (χ3v) is 5.35. The summed E-state index contributed by atoms with van der Waals surface area (Å²) in [6.45, 7) is 5.30. The van der Waals surface area contributed by atoms with Crippen molar-refractivity contribution in [1.82, 2.24) is 14.8 Å². The van der Waals surface area contributed by atoms with Gasteiger partial charge in [-0.1, -0.05) is 17.7 Å². The fourth-order valence-electron chi connectivity index (χ4n) is 2.56. The van der Waals surface area contributed by atoms with Gasteiger partial charge in [0.25, 0.3) is 0 Å². The van der Waals surface area contributed by atoms with Crippen molar-refractivity contribution in [3.05, 3.63) is 41.0 Å². The fourth-order valence-corrected chi connectivity index (χ4v) is 4.09. The highest BCUT2D eigenvalue weighted by Gasteiger charge is 2.24. The van der Waals surface area contributed by atoms with Crippen molar-refractivity contribution in [2.45, 2.75) is 37.6 Å². The van der Waals surface area contributed by atoms with Crippen LogP contribution < -0.4 is 0 Å². The summed E-state index contributed by atoms with van der Waals surface area (Å²) < 4.78 is 32.3. The van der Waals surface area contributed by atoms with Crippen LogP contribution in [0.3, 0.4) is 0 Å². The Labute approximate surface area is 123 Å². The number of rotatable bonds is 3. The zero-order valence-electron chi connectivity index (χ0n) is 12.0. The summed E-state index contributed by atoms with van der Waals surface area (Å²) in [7, 11) is -3.43. The van der Waals surface area contributed by atoms with Crippen molar-refractivity contribution in [2.75, 3.05) is 6.61 Å². The summed E-state index contributed by atoms with van der Waals surface area (Å²) in [4.78, 5) is 0.359. The third kappa shape index (κ3) is 2.71. The second-order valence-corrected chi connectivity index (χ2v) is 7.22. The van der Waals surface area contributed by atoms with Crippen LogP contribution in [-0.2, 0) is 33.5 Å². The topological polar surface area (TPSA) is 74.1 Å². The van der Waals surface area contributed by atoms with Crippen LogP contribution in [0.4, 0.5) is 0 Å². The summed E-state index contributed by atoms with van der Waals surface area (Å²) in [5, 5.41) is 8.00. The largest absolute Gasteiger partial charge is 0.372 e. The summed E-state index contributed by atoms with van der Waals surface area (Å²) in [6.07, 6.45) is 0. The van der Waals surface area contributed by atoms with Crippen LogP contribution in [0.1, 0.15) is 22.8 Å². The van der Waals surface area contributed by atoms with Gasteiger partial charge in [-0.3, -0.25) is 0 Å². The molecule has 1 aliphatic heterocycles. The molecule has 1 aromatic carbocycles. The van der Waals surface area contributed by atoms with Crippen LogP contribution >= 0.6 is 0 Å². The van der Waals surface area contributed by atoms with Gasteiger partial charge in [0.2, 0.25) is 0 Å². The molecule has 0 bridgehead atoms. The molecule has 0 atom stereocenters. The van der Waals surface area contributed by atoms with E-state index in [2.05, 4.69) is 10.2 Å². The first-order chi connectivity index (χ1) is 9.97. The first-order valence-electron chi connectivity index (χ1n) is 6.76. The van der Waals surface area contributed by atoms with E-state index in [0.717, 1.165) is 11.1 Å². The number of ether oxygens (including phenoxy) is 1. The van der Waals surface area contributed by atoms with E-state index in [4.69, 9.17) is 4.74 Å². The van der Waals surface area contributed by atoms with Crippen molar-refractivity contribution in [2.24, 2.45) is 0 Å². The van der Waals surface area contributed by atoms with Crippen molar-refractivity contribution in [3.63, 3.8) is 0 Å². The highest BCUT2D eigenvalue weighted by molar-refractivity contribution is 7.90. The van der Waals surface area contributed by atoms with E-state index < -0.39 is 9.84 Å². The van der Waals surface area contributed by atoms with Crippen LogP contribution in [0.15, 0.2) is 23.1 Å². The molecule has 0 fully saturated rings. The average molecular weight is 307 g/mol. The Kier molecular flexibility index (Phi) is 3.54. The number of benzene rings is 1. The highest BCUT2D eigenvalue weighted by atomic mass is 32.2. The fraction of sp³-hybridized carbons (Fsp3) is 0.429. The number of nitrogens with zero attached hydrogens (tertiary/aromatic N) is 3. The summed E-state index contributed by atoms with van der Waals surface area (Å²) in [5.41, 5.74) is 1.81. The maximum Gasteiger partial charge on any atom is 0.185 e. The molecule has 0 saturated carbocycles. The lowest BCUT2D eigenvalue weighted by Gasteiger charge is -2.15. The van der Waals surface area contributed by atoms with Gasteiger partial charge in [0.05, 0.1) is 11.5 Å². The smallest absolute Gasteiger partial charge is 0.185 e. The van der Waals surface area contributed by atoms with Crippen molar-refractivity contribution < 1.29 is 13.2 Å². The Morgan fingerprint density at radius 2 is 2.10 bits per heavy atom. The molecule has 0 saturated heterocycles. The molecule has 0 spiro atoms. The Balaban J connectivity index is 1.95. The van der Waals surface area contributed by atoms with Gasteiger partial charge in [-0.15, -0.1) is 10.2 Å². The van der Waals surface area contributed by atoms with Crippen molar-refractivity contribution in [3.8, 4) is 0 Å². The number of hydrogen-bond donors (Lipinski definition) is 0. The zero-order valence-corrected chi connectivity index (χ0v) is 12.9. The molecule has 0 radical (unpaired) electrons. The van der Waals surface area contributed by atoms with E-state index >= 15 is 0 Å². The molecular weight excluding hydrogens is 290 g/mol. The summed E-state index contributed by atoms with van der Waals surface area (Å²) in [6, 6.07) is 5.35. The van der Waals surface area contributed by atoms with Crippen LogP contribution in [0.5, 0.6) is 0 Å². The Morgan fingerprint density at radius 1 is 1.29 bits per heavy atom. The lowest BCUT2D eigenvalue weighted by molar-refractivity contribution is 0.0808. The van der Waals surface area contributed by atoms with Gasteiger partial charge in [-0.25, -0.2) is 8.42 Å². The number of hydrogen-bond acceptors (Lipinski definition) is 5. The van der Waals surface area contributed by atoms with Crippen LogP contribution in [0, 0.1) is 13.8 Å². The molecule has 0 amide bonds. The molecule has 0 unspecified atom stereocenters. The highest BCUT2D eigenvalue weighted by Crippen LogP contribution is 2.21. The van der Waals surface area contributed by atoms with Crippen molar-refractivity contribution >= 4 is 9.84 Å². The number of sulfone groups is 1. The van der Waals surface area contributed by atoms with Crippen LogP contribution in [-0.4, -0.2) is 29.8 Å². The first kappa shape index (κ1) is 14.2. The van der Waals surface area contributed by atoms with Gasteiger partial charge in [0.15, 0.2) is 15.7 Å². The minimum Gasteiger partial charge on any atom is -0.372 e. The third-order valence-electron chi connectivity index (χ3n) is 3.58. The minimum absolute atomic E-state index is 0.135. The van der Waals surface area contributed by atoms with E-state index in [-0.39, 0.29) is 5.75 Å². The molecule has 2 aromatic rings. The molecule has 3 rings (SSSR count). The number of fused-ring (bicyclic) bond motifs is 1. The molecule has 7 heteroatoms. The Bertz CT molecular complexity index is 781. The molecule has 0 N–H and O–H groups in total. The van der Waals surface area contributed by atoms with Gasteiger partial charge in [0, 0.05) is 6.54 Å². The second kappa shape index (κ2) is 5.23. The lowest BCUT2D eigenvalue weighted by atomic mass is 10.2. The second-order valence-electron chi connectivity index (χ2n) is 5.26. The molecule has 6 nitrogen and oxygen atoms in total. The standard InChI is InChI=1S/C14H17N3O3S/c1-10-3-4-12(11(2)7-10)21(18,19)9-14-16-15-13-8-20-6-5-17(13)14/h3-4,7H,5-6,8-9H2,1-2H3. The Hall–Kier alpha value is -1.73. The van der Waals surface area contributed by atoms with E-state index in [0.29, 0.717) is 36.3 Å². The molecule has 112 valence electrons. The van der Waals surface area contributed by atoms with E-state index in [9.17, 15) is 8.42 Å². The molecule has 1 aliphatic rings. The number of aryl methyl sites for hydroxylation is 2. The van der Waals surface area contributed by atoms with Gasteiger partial charge in [-0.2, -0.15) is 0 Å². The maximum atomic E-state index is 12.6. The van der Waals surface area contributed by atoms with E-state index in [1.807, 2.05) is 30.5 Å². The molecule has 2 heterocycles. The quantitative estimate of drug-likeness (QED) is 0.857. The van der Waals surface area contributed by atoms with Gasteiger partial charge >= 0.3 is 0 Å². The zero-order chi connectivity index (χ0) is 15.0. The maximum absolute atomic E-state index is 12.6. The van der Waals surface area contributed by atoms with Gasteiger partial charge < -0.3 is 9.30 Å². The molecule has 1 aromatic heterocycles. The van der Waals surface area contributed by atoms with E-state index in [1.54, 1.807) is 6.07 Å². The van der Waals surface area contributed by atoms with Crippen LogP contribution in [0.25, 0.3) is 0 Å². The lowest BCUT2D eigenvalue weighted by Crippen LogP contribution is -2.20. The van der Waals surface area contributed by atoms with Gasteiger partial charge in [-0.05, 0) is 25.5 Å². The normalized spacial score (nSPS) is 15.0. The minimum atomic E-state index is -3.43. The monoisotopic (exact) mass is 307 g/mol. The predicted molar refractivity (Wildman–Crippen MR) is 76.5 cm³/mol. The Morgan fingerprint density at radius 3 is 2.86 bits per heavy atom. The SMILES string of the molecule is Cc1ccc(S(=O)(=O)Cc2nnc3n2CCOC3)c(C)c1. The molecular formula is C14H17N3O3S. The number of aromatic nitrogens is 3. The van der Waals surface area contributed by atoms with E-state index in [1.165, 1.54) is 0 Å². The van der Waals surface area contributed by atoms with Crippen molar-refractivity contribution in [1.29, 1.82) is 0 Å². The average Bonchev–Trinajstić information content (AvgIpc) is 2.81. The van der Waals surface area contributed by atoms with Gasteiger partial charge in [0.1, 0.15) is 18.2 Å². The molecule has 21 heavy (non-hydrogen) atoms. The van der Waals surface area contributed by atoms with Crippen LogP contribution in [0.2, 0.25) is 0 Å².